The predicted molar refractivity (Wildman–Crippen MR) is 68.2 cm³/mol. The zero-order valence-electron chi connectivity index (χ0n) is 10.3. The maximum Gasteiger partial charge on any atom is 0.500 e. The fourth-order valence-corrected chi connectivity index (χ4v) is 4.16. The molecule has 15 heavy (non-hydrogen) atoms. The monoisotopic (exact) mass is 251 g/mol. The van der Waals surface area contributed by atoms with Crippen molar-refractivity contribution in [3.8, 4) is 0 Å². The van der Waals surface area contributed by atoms with Gasteiger partial charge in [0.25, 0.3) is 0 Å². The van der Waals surface area contributed by atoms with Crippen molar-refractivity contribution in [3.05, 3.63) is 0 Å². The molecule has 0 aromatic heterocycles. The van der Waals surface area contributed by atoms with Gasteiger partial charge in [0.1, 0.15) is 0 Å². The molecule has 4 nitrogen and oxygen atoms in total. The molecule has 0 fully saturated rings. The summed E-state index contributed by atoms with van der Waals surface area (Å²) in [5.74, 6) is 0. The first-order valence-corrected chi connectivity index (χ1v) is 9.03. The van der Waals surface area contributed by atoms with Crippen LogP contribution in [0.3, 0.4) is 0 Å². The zero-order valence-corrected chi connectivity index (χ0v) is 13.3. The molecule has 0 unspecified atom stereocenters. The van der Waals surface area contributed by atoms with Crippen LogP contribution in [0.5, 0.6) is 0 Å². The minimum absolute atomic E-state index is 0.760. The molecular formula is C9H25NO3Si2. The molecule has 0 radical (unpaired) electrons. The van der Waals surface area contributed by atoms with Crippen LogP contribution < -0.4 is 5.73 Å². The summed E-state index contributed by atoms with van der Waals surface area (Å²) in [6, 6.07) is 2.03. The standard InChI is InChI=1S/C9H25NO3Si2/c1-11-15(12-2,13-7-8-14)9-5-3-4-6-10/h3-10H2,1-2,14H3. The van der Waals surface area contributed by atoms with Crippen molar-refractivity contribution >= 4 is 19.0 Å². The second-order valence-electron chi connectivity index (χ2n) is 3.54. The SMILES string of the molecule is CO[Si](CCCCCN)(OC)OCC[SiH3]. The first kappa shape index (κ1) is 15.3. The number of unbranched alkanes of at least 4 members (excludes halogenated alkanes) is 2. The van der Waals surface area contributed by atoms with Crippen molar-refractivity contribution in [1.29, 1.82) is 0 Å². The van der Waals surface area contributed by atoms with Gasteiger partial charge in [-0.3, -0.25) is 0 Å². The maximum atomic E-state index is 5.76. The van der Waals surface area contributed by atoms with Gasteiger partial charge in [-0.2, -0.15) is 0 Å². The lowest BCUT2D eigenvalue weighted by atomic mass is 10.2. The topological polar surface area (TPSA) is 53.7 Å². The van der Waals surface area contributed by atoms with Crippen LogP contribution in [0.2, 0.25) is 12.1 Å². The van der Waals surface area contributed by atoms with E-state index in [9.17, 15) is 0 Å². The van der Waals surface area contributed by atoms with Gasteiger partial charge in [0.05, 0.1) is 0 Å². The van der Waals surface area contributed by atoms with E-state index in [0.29, 0.717) is 0 Å². The van der Waals surface area contributed by atoms with Gasteiger partial charge in [-0.1, -0.05) is 6.42 Å². The molecule has 2 N–H and O–H groups in total. The Bertz CT molecular complexity index is 145. The molecular weight excluding hydrogens is 226 g/mol. The Balaban J connectivity index is 3.88. The molecule has 0 bridgehead atoms. The van der Waals surface area contributed by atoms with E-state index in [1.54, 1.807) is 14.2 Å². The number of nitrogens with two attached hydrogens (primary N) is 1. The summed E-state index contributed by atoms with van der Waals surface area (Å²) in [5, 5.41) is 0. The third-order valence-corrected chi connectivity index (χ3v) is 5.60. The highest BCUT2D eigenvalue weighted by Crippen LogP contribution is 2.18. The Kier molecular flexibility index (Phi) is 9.67. The van der Waals surface area contributed by atoms with Gasteiger partial charge in [0.2, 0.25) is 0 Å². The van der Waals surface area contributed by atoms with E-state index in [-0.39, 0.29) is 0 Å². The highest BCUT2D eigenvalue weighted by Gasteiger charge is 2.37. The fourth-order valence-electron chi connectivity index (χ4n) is 1.40. The lowest BCUT2D eigenvalue weighted by Crippen LogP contribution is -2.44. The maximum absolute atomic E-state index is 5.76. The summed E-state index contributed by atoms with van der Waals surface area (Å²) >= 11 is 0. The Morgan fingerprint density at radius 2 is 1.80 bits per heavy atom. The van der Waals surface area contributed by atoms with E-state index in [2.05, 4.69) is 0 Å². The van der Waals surface area contributed by atoms with Crippen LogP contribution in [0.4, 0.5) is 0 Å². The summed E-state index contributed by atoms with van der Waals surface area (Å²) < 4.78 is 16.7. The Morgan fingerprint density at radius 1 is 1.13 bits per heavy atom. The summed E-state index contributed by atoms with van der Waals surface area (Å²) in [5.41, 5.74) is 5.45. The van der Waals surface area contributed by atoms with Crippen molar-refractivity contribution in [3.63, 3.8) is 0 Å². The van der Waals surface area contributed by atoms with E-state index in [1.165, 1.54) is 0 Å². The fraction of sp³-hybridized carbons (Fsp3) is 1.00. The van der Waals surface area contributed by atoms with Crippen molar-refractivity contribution in [2.24, 2.45) is 5.73 Å². The first-order chi connectivity index (χ1) is 7.24. The number of rotatable bonds is 10. The summed E-state index contributed by atoms with van der Waals surface area (Å²) in [6.07, 6.45) is 3.27. The van der Waals surface area contributed by atoms with E-state index in [4.69, 9.17) is 19.0 Å². The second kappa shape index (κ2) is 9.50. The van der Waals surface area contributed by atoms with Crippen LogP contribution in [0.25, 0.3) is 0 Å². The molecule has 0 aliphatic heterocycles. The normalized spacial score (nSPS) is 12.2. The predicted octanol–water partition coefficient (Wildman–Crippen LogP) is 0.147. The molecule has 0 atom stereocenters. The largest absolute Gasteiger partial charge is 0.500 e. The molecule has 0 aromatic carbocycles. The van der Waals surface area contributed by atoms with Crippen LogP contribution >= 0.6 is 0 Å². The molecule has 6 heteroatoms. The third kappa shape index (κ3) is 6.44. The molecule has 0 aliphatic carbocycles. The molecule has 0 saturated carbocycles. The third-order valence-electron chi connectivity index (χ3n) is 2.34. The minimum atomic E-state index is -2.33. The van der Waals surface area contributed by atoms with Crippen LogP contribution in [0.15, 0.2) is 0 Å². The van der Waals surface area contributed by atoms with Gasteiger partial charge in [-0.15, -0.1) is 0 Å². The number of hydrogen-bond acceptors (Lipinski definition) is 4. The van der Waals surface area contributed by atoms with Crippen LogP contribution in [-0.4, -0.2) is 46.4 Å². The highest BCUT2D eigenvalue weighted by molar-refractivity contribution is 6.60. The average molecular weight is 251 g/mol. The molecule has 0 heterocycles. The lowest BCUT2D eigenvalue weighted by molar-refractivity contribution is 0.103. The van der Waals surface area contributed by atoms with Gasteiger partial charge >= 0.3 is 8.80 Å². The Morgan fingerprint density at radius 3 is 2.27 bits per heavy atom. The van der Waals surface area contributed by atoms with Crippen LogP contribution in [0.1, 0.15) is 19.3 Å². The molecule has 0 aromatic rings. The molecule has 0 saturated heterocycles. The van der Waals surface area contributed by atoms with E-state index < -0.39 is 8.80 Å². The van der Waals surface area contributed by atoms with Gasteiger partial charge in [-0.05, 0) is 25.4 Å². The average Bonchev–Trinajstić information content (AvgIpc) is 2.29. The Labute approximate surface area is 97.3 Å². The van der Waals surface area contributed by atoms with Gasteiger partial charge < -0.3 is 19.0 Å². The lowest BCUT2D eigenvalue weighted by Gasteiger charge is -2.26. The zero-order chi connectivity index (χ0) is 11.6. The molecule has 0 spiro atoms. The number of hydrogen-bond donors (Lipinski definition) is 1. The quantitative estimate of drug-likeness (QED) is 0.443. The van der Waals surface area contributed by atoms with E-state index >= 15 is 0 Å². The summed E-state index contributed by atoms with van der Waals surface area (Å²) in [7, 11) is 2.20. The summed E-state index contributed by atoms with van der Waals surface area (Å²) in [6.45, 7) is 1.53. The van der Waals surface area contributed by atoms with Gasteiger partial charge in [0.15, 0.2) is 0 Å². The van der Waals surface area contributed by atoms with Crippen molar-refractivity contribution in [2.45, 2.75) is 31.4 Å². The second-order valence-corrected chi connectivity index (χ2v) is 7.51. The van der Waals surface area contributed by atoms with Gasteiger partial charge in [0, 0.05) is 37.1 Å². The smallest absolute Gasteiger partial charge is 0.377 e. The Hall–Kier alpha value is 0.274. The van der Waals surface area contributed by atoms with Crippen LogP contribution in [0, 0.1) is 0 Å². The van der Waals surface area contributed by atoms with Crippen LogP contribution in [-0.2, 0) is 13.3 Å². The van der Waals surface area contributed by atoms with Crippen molar-refractivity contribution < 1.29 is 13.3 Å². The highest BCUT2D eigenvalue weighted by atomic mass is 28.4. The molecule has 0 amide bonds. The molecule has 0 rings (SSSR count). The van der Waals surface area contributed by atoms with Crippen molar-refractivity contribution in [1.82, 2.24) is 0 Å². The molecule has 0 aliphatic rings. The van der Waals surface area contributed by atoms with E-state index in [0.717, 1.165) is 54.7 Å². The van der Waals surface area contributed by atoms with Crippen molar-refractivity contribution in [2.75, 3.05) is 27.4 Å². The first-order valence-electron chi connectivity index (χ1n) is 5.69. The van der Waals surface area contributed by atoms with Gasteiger partial charge in [-0.25, -0.2) is 0 Å². The van der Waals surface area contributed by atoms with E-state index in [1.807, 2.05) is 0 Å². The minimum Gasteiger partial charge on any atom is -0.377 e. The summed E-state index contributed by atoms with van der Waals surface area (Å²) in [4.78, 5) is 0. The molecule has 92 valence electrons.